The fourth-order valence-electron chi connectivity index (χ4n) is 13.2. The van der Waals surface area contributed by atoms with E-state index in [-0.39, 0.29) is 0 Å². The minimum Gasteiger partial charge on any atom is -0.309 e. The molecule has 0 fully saturated rings. The highest BCUT2D eigenvalue weighted by atomic mass is 15.2. The van der Waals surface area contributed by atoms with E-state index in [4.69, 9.17) is 9.97 Å². The summed E-state index contributed by atoms with van der Waals surface area (Å²) in [6.07, 6.45) is 0. The summed E-state index contributed by atoms with van der Waals surface area (Å²) in [7, 11) is 0. The third-order valence-corrected chi connectivity index (χ3v) is 16.7. The molecule has 0 amide bonds. The van der Waals surface area contributed by atoms with E-state index >= 15 is 0 Å². The summed E-state index contributed by atoms with van der Waals surface area (Å²) in [6, 6.07) is 97.7. The Morgan fingerprint density at radius 2 is 0.590 bits per heavy atom. The molecule has 4 heteroatoms. The van der Waals surface area contributed by atoms with Gasteiger partial charge in [0.25, 0.3) is 0 Å². The molecule has 78 heavy (non-hydrogen) atoms. The Bertz CT molecular complexity index is 5230. The zero-order valence-electron chi connectivity index (χ0n) is 42.2. The SMILES string of the molecule is c1ccc2c(c1)cc(-c1cc(-c3cc4ccccc4c4ccccc34)nc(-n3c4ccccc4c4cc(-c5ccc6c(c5)c5ccccc5n6-c5cccc6c7ccccc7c7ccccc7c56)ccc43)n1)c1ccccc12. The van der Waals surface area contributed by atoms with Crippen molar-refractivity contribution in [2.24, 2.45) is 0 Å². The smallest absolute Gasteiger partial charge is 0.235 e. The molecule has 0 saturated heterocycles. The van der Waals surface area contributed by atoms with Crippen LogP contribution >= 0.6 is 0 Å². The summed E-state index contributed by atoms with van der Waals surface area (Å²) in [4.78, 5) is 11.3. The molecule has 0 aliphatic rings. The molecular formula is C74H44N4. The number of hydrogen-bond acceptors (Lipinski definition) is 2. The average molecular weight is 989 g/mol. The minimum atomic E-state index is 0.624. The highest BCUT2D eigenvalue weighted by Crippen LogP contribution is 2.44. The lowest BCUT2D eigenvalue weighted by Crippen LogP contribution is -2.04. The van der Waals surface area contributed by atoms with Gasteiger partial charge in [-0.2, -0.15) is 0 Å². The standard InChI is InChI=1S/C74H44N4/c1-3-20-49-47(18-1)42-62(56-27-9-5-22-51(49)56)66-44-67(63-43-48-19-2-4-21-50(48)52-23-6-10-28-57(52)63)76-74(75-66)78-69-34-16-14-30-59(69)65-41-46(37-39-71(65)78)45-36-38-70-64(40-45)58-29-13-15-33-68(58)77(70)72-35-17-32-61-55-25-8-7-24-53(55)54-26-11-12-31-60(54)73(61)72/h1-44H. The summed E-state index contributed by atoms with van der Waals surface area (Å²) < 4.78 is 4.76. The first-order valence-electron chi connectivity index (χ1n) is 26.8. The van der Waals surface area contributed by atoms with E-state index in [1.54, 1.807) is 0 Å². The maximum absolute atomic E-state index is 5.64. The van der Waals surface area contributed by atoms with Gasteiger partial charge in [-0.25, -0.2) is 9.97 Å². The predicted molar refractivity (Wildman–Crippen MR) is 330 cm³/mol. The molecule has 0 aliphatic heterocycles. The van der Waals surface area contributed by atoms with E-state index in [1.807, 2.05) is 0 Å². The van der Waals surface area contributed by atoms with Crippen LogP contribution in [0, 0.1) is 0 Å². The predicted octanol–water partition coefficient (Wildman–Crippen LogP) is 19.7. The third-order valence-electron chi connectivity index (χ3n) is 16.7. The lowest BCUT2D eigenvalue weighted by atomic mass is 9.93. The molecule has 0 unspecified atom stereocenters. The largest absolute Gasteiger partial charge is 0.309 e. The van der Waals surface area contributed by atoms with Crippen molar-refractivity contribution >= 4 is 119 Å². The Hall–Kier alpha value is -10.4. The number of rotatable bonds is 5. The first kappa shape index (κ1) is 42.9. The van der Waals surface area contributed by atoms with Crippen LogP contribution in [-0.2, 0) is 0 Å². The molecule has 4 nitrogen and oxygen atoms in total. The van der Waals surface area contributed by atoms with Crippen LogP contribution in [0.15, 0.2) is 267 Å². The molecule has 0 bridgehead atoms. The van der Waals surface area contributed by atoms with E-state index < -0.39 is 0 Å². The molecule has 0 aliphatic carbocycles. The topological polar surface area (TPSA) is 35.6 Å². The van der Waals surface area contributed by atoms with Crippen LogP contribution in [0.1, 0.15) is 0 Å². The van der Waals surface area contributed by atoms with Gasteiger partial charge < -0.3 is 4.57 Å². The van der Waals surface area contributed by atoms with Crippen molar-refractivity contribution in [3.05, 3.63) is 267 Å². The molecule has 360 valence electrons. The van der Waals surface area contributed by atoms with Crippen molar-refractivity contribution in [3.63, 3.8) is 0 Å². The van der Waals surface area contributed by atoms with Gasteiger partial charge >= 0.3 is 0 Å². The van der Waals surface area contributed by atoms with Gasteiger partial charge in [-0.3, -0.25) is 4.57 Å². The van der Waals surface area contributed by atoms with Crippen molar-refractivity contribution in [1.82, 2.24) is 19.1 Å². The van der Waals surface area contributed by atoms with Gasteiger partial charge in [-0.1, -0.05) is 206 Å². The summed E-state index contributed by atoms with van der Waals surface area (Å²) in [5, 5.41) is 21.8. The van der Waals surface area contributed by atoms with Crippen LogP contribution in [0.5, 0.6) is 0 Å². The van der Waals surface area contributed by atoms with Gasteiger partial charge in [-0.15, -0.1) is 0 Å². The maximum atomic E-state index is 5.64. The van der Waals surface area contributed by atoms with Crippen molar-refractivity contribution in [3.8, 4) is 45.3 Å². The third kappa shape index (κ3) is 6.23. The molecule has 3 heterocycles. The summed E-state index contributed by atoms with van der Waals surface area (Å²) in [5.74, 6) is 0.624. The molecule has 0 spiro atoms. The van der Waals surface area contributed by atoms with Gasteiger partial charge in [0, 0.05) is 38.1 Å². The van der Waals surface area contributed by atoms with Gasteiger partial charge in [0.2, 0.25) is 5.95 Å². The molecular weight excluding hydrogens is 945 g/mol. The Kier molecular flexibility index (Phi) is 9.09. The normalized spacial score (nSPS) is 12.1. The number of nitrogens with zero attached hydrogens (tertiary/aromatic N) is 4. The zero-order valence-corrected chi connectivity index (χ0v) is 42.2. The van der Waals surface area contributed by atoms with Gasteiger partial charge in [0.1, 0.15) is 0 Å². The molecule has 0 radical (unpaired) electrons. The van der Waals surface area contributed by atoms with Crippen LogP contribution in [0.25, 0.3) is 164 Å². The number of aromatic nitrogens is 4. The number of benzene rings is 14. The van der Waals surface area contributed by atoms with E-state index in [1.165, 1.54) is 92.1 Å². The molecule has 17 aromatic rings. The van der Waals surface area contributed by atoms with E-state index in [0.29, 0.717) is 5.95 Å². The Morgan fingerprint density at radius 1 is 0.231 bits per heavy atom. The van der Waals surface area contributed by atoms with Gasteiger partial charge in [0.05, 0.1) is 39.1 Å². The number of hydrogen-bond donors (Lipinski definition) is 0. The van der Waals surface area contributed by atoms with Gasteiger partial charge in [-0.05, 0) is 142 Å². The van der Waals surface area contributed by atoms with Crippen LogP contribution in [0.4, 0.5) is 0 Å². The lowest BCUT2D eigenvalue weighted by Gasteiger charge is -2.16. The molecule has 17 rings (SSSR count). The molecule has 14 aromatic carbocycles. The van der Waals surface area contributed by atoms with Crippen LogP contribution in [0.2, 0.25) is 0 Å². The molecule has 0 atom stereocenters. The Morgan fingerprint density at radius 3 is 1.10 bits per heavy atom. The summed E-state index contributed by atoms with van der Waals surface area (Å²) >= 11 is 0. The lowest BCUT2D eigenvalue weighted by molar-refractivity contribution is 0.997. The monoisotopic (exact) mass is 988 g/mol. The van der Waals surface area contributed by atoms with E-state index in [0.717, 1.165) is 66.2 Å². The maximum Gasteiger partial charge on any atom is 0.235 e. The van der Waals surface area contributed by atoms with E-state index in [2.05, 4.69) is 276 Å². The quantitative estimate of drug-likeness (QED) is 0.161. The second kappa shape index (κ2) is 16.5. The summed E-state index contributed by atoms with van der Waals surface area (Å²) in [6.45, 7) is 0. The minimum absolute atomic E-state index is 0.624. The number of para-hydroxylation sites is 2. The second-order valence-corrected chi connectivity index (χ2v) is 20.8. The Balaban J connectivity index is 0.879. The van der Waals surface area contributed by atoms with Gasteiger partial charge in [0.15, 0.2) is 0 Å². The van der Waals surface area contributed by atoms with Crippen LogP contribution in [0.3, 0.4) is 0 Å². The molecule has 0 saturated carbocycles. The van der Waals surface area contributed by atoms with Crippen molar-refractivity contribution < 1.29 is 0 Å². The van der Waals surface area contributed by atoms with Crippen LogP contribution in [-0.4, -0.2) is 19.1 Å². The highest BCUT2D eigenvalue weighted by Gasteiger charge is 2.22. The van der Waals surface area contributed by atoms with Crippen LogP contribution < -0.4 is 0 Å². The number of fused-ring (bicyclic) bond motifs is 18. The van der Waals surface area contributed by atoms with Crippen molar-refractivity contribution in [1.29, 1.82) is 0 Å². The molecule has 3 aromatic heterocycles. The van der Waals surface area contributed by atoms with E-state index in [9.17, 15) is 0 Å². The average Bonchev–Trinajstić information content (AvgIpc) is 4.14. The zero-order chi connectivity index (χ0) is 51.0. The van der Waals surface area contributed by atoms with Crippen molar-refractivity contribution in [2.75, 3.05) is 0 Å². The molecule has 0 N–H and O–H groups in total. The fraction of sp³-hybridized carbons (Fsp3) is 0. The fourth-order valence-corrected chi connectivity index (χ4v) is 13.2. The van der Waals surface area contributed by atoms with Crippen molar-refractivity contribution in [2.45, 2.75) is 0 Å². The second-order valence-electron chi connectivity index (χ2n) is 20.8. The first-order valence-corrected chi connectivity index (χ1v) is 26.8. The first-order chi connectivity index (χ1) is 38.7. The Labute approximate surface area is 447 Å². The highest BCUT2D eigenvalue weighted by molar-refractivity contribution is 6.28. The summed E-state index contributed by atoms with van der Waals surface area (Å²) in [5.41, 5.74) is 11.8.